The van der Waals surface area contributed by atoms with Crippen LogP contribution in [0, 0.1) is 0 Å². The van der Waals surface area contributed by atoms with E-state index >= 15 is 0 Å². The second kappa shape index (κ2) is 18.3. The first kappa shape index (κ1) is 23.0. The van der Waals surface area contributed by atoms with Crippen LogP contribution in [-0.4, -0.2) is 85.1 Å². The van der Waals surface area contributed by atoms with Crippen molar-refractivity contribution in [2.24, 2.45) is 5.73 Å². The third-order valence-electron chi connectivity index (χ3n) is 2.67. The lowest BCUT2D eigenvalue weighted by atomic mass is 10.3. The van der Waals surface area contributed by atoms with E-state index < -0.39 is 0 Å². The Morgan fingerprint density at radius 3 is 1.54 bits per heavy atom. The van der Waals surface area contributed by atoms with Crippen molar-refractivity contribution in [1.82, 2.24) is 5.32 Å². The zero-order valence-electron chi connectivity index (χ0n) is 14.7. The highest BCUT2D eigenvalue weighted by molar-refractivity contribution is 5.91. The molecule has 0 rings (SSSR count). The smallest absolute Gasteiger partial charge is 0.246 e. The number of carbonyl (C=O) groups is 1. The quantitative estimate of drug-likeness (QED) is 0.259. The van der Waals surface area contributed by atoms with Gasteiger partial charge in [-0.2, -0.15) is 0 Å². The molecule has 0 aromatic rings. The van der Waals surface area contributed by atoms with Crippen LogP contribution in [0.5, 0.6) is 0 Å². The Hall–Kier alpha value is -1.03. The first-order chi connectivity index (χ1) is 11.7. The minimum atomic E-state index is -0.154. The summed E-state index contributed by atoms with van der Waals surface area (Å²) in [6, 6.07) is 0. The Morgan fingerprint density at radius 2 is 1.17 bits per heavy atom. The van der Waals surface area contributed by atoms with Gasteiger partial charge in [-0.15, -0.1) is 0 Å². The maximum atomic E-state index is 11.2. The number of hydrogen-bond acceptors (Lipinski definition) is 7. The molecule has 0 heterocycles. The minimum Gasteiger partial charge on any atom is -0.378 e. The number of rotatable bonds is 18. The van der Waals surface area contributed by atoms with Gasteiger partial charge in [-0.05, 0) is 6.92 Å². The van der Waals surface area contributed by atoms with E-state index in [0.29, 0.717) is 84.7 Å². The molecule has 0 saturated carbocycles. The fourth-order valence-electron chi connectivity index (χ4n) is 1.45. The highest BCUT2D eigenvalue weighted by Gasteiger charge is 1.99. The maximum Gasteiger partial charge on any atom is 0.246 e. The summed E-state index contributed by atoms with van der Waals surface area (Å²) >= 11 is 0. The second-order valence-electron chi connectivity index (χ2n) is 4.89. The summed E-state index contributed by atoms with van der Waals surface area (Å²) in [6.07, 6.45) is 0. The molecule has 142 valence electrons. The molecule has 8 nitrogen and oxygen atoms in total. The zero-order chi connectivity index (χ0) is 17.9. The maximum absolute atomic E-state index is 11.2. The number of amides is 1. The molecule has 0 aromatic carbocycles. The summed E-state index contributed by atoms with van der Waals surface area (Å²) < 4.78 is 26.5. The summed E-state index contributed by atoms with van der Waals surface area (Å²) in [5.41, 5.74) is 5.78. The number of hydrogen-bond donors (Lipinski definition) is 2. The molecule has 0 saturated heterocycles. The van der Waals surface area contributed by atoms with Crippen LogP contribution in [0.1, 0.15) is 6.92 Å². The Kier molecular flexibility index (Phi) is 17.5. The summed E-state index contributed by atoms with van der Waals surface area (Å²) in [5, 5.41) is 2.68. The Balaban J connectivity index is 3.05. The normalized spacial score (nSPS) is 10.8. The molecule has 3 N–H and O–H groups in total. The van der Waals surface area contributed by atoms with Crippen molar-refractivity contribution in [2.75, 3.05) is 79.2 Å². The van der Waals surface area contributed by atoms with Gasteiger partial charge in [0.25, 0.3) is 0 Å². The summed E-state index contributed by atoms with van der Waals surface area (Å²) in [5.74, 6) is -0.154. The standard InChI is InChI=1S/C16H32N2O6/c1-15(2)16(19)18-4-6-21-8-10-23-12-14-24-13-11-22-9-7-20-5-3-17/h1,3-14,17H2,2H3,(H,18,19). The van der Waals surface area contributed by atoms with Crippen LogP contribution >= 0.6 is 0 Å². The molecule has 0 aliphatic rings. The van der Waals surface area contributed by atoms with E-state index in [2.05, 4.69) is 11.9 Å². The van der Waals surface area contributed by atoms with E-state index in [1.165, 1.54) is 0 Å². The molecule has 0 radical (unpaired) electrons. The van der Waals surface area contributed by atoms with E-state index in [0.717, 1.165) is 0 Å². The zero-order valence-corrected chi connectivity index (χ0v) is 14.7. The molecular formula is C16H32N2O6. The molecule has 24 heavy (non-hydrogen) atoms. The predicted molar refractivity (Wildman–Crippen MR) is 91.0 cm³/mol. The lowest BCUT2D eigenvalue weighted by Gasteiger charge is -2.08. The van der Waals surface area contributed by atoms with Crippen molar-refractivity contribution >= 4 is 5.91 Å². The molecule has 0 spiro atoms. The van der Waals surface area contributed by atoms with Crippen LogP contribution in [0.3, 0.4) is 0 Å². The van der Waals surface area contributed by atoms with E-state index in [1.54, 1.807) is 6.92 Å². The van der Waals surface area contributed by atoms with E-state index in [9.17, 15) is 4.79 Å². The number of carbonyl (C=O) groups excluding carboxylic acids is 1. The van der Waals surface area contributed by atoms with Gasteiger partial charge < -0.3 is 34.7 Å². The van der Waals surface area contributed by atoms with Gasteiger partial charge in [0.05, 0.1) is 66.1 Å². The molecule has 1 amide bonds. The first-order valence-corrected chi connectivity index (χ1v) is 8.21. The van der Waals surface area contributed by atoms with Crippen molar-refractivity contribution in [2.45, 2.75) is 6.92 Å². The van der Waals surface area contributed by atoms with E-state index in [-0.39, 0.29) is 5.91 Å². The topological polar surface area (TPSA) is 101 Å². The second-order valence-corrected chi connectivity index (χ2v) is 4.89. The van der Waals surface area contributed by atoms with E-state index in [4.69, 9.17) is 29.4 Å². The summed E-state index contributed by atoms with van der Waals surface area (Å²) in [7, 11) is 0. The lowest BCUT2D eigenvalue weighted by Crippen LogP contribution is -2.27. The van der Waals surface area contributed by atoms with Crippen LogP contribution in [0.25, 0.3) is 0 Å². The molecule has 0 aliphatic heterocycles. The highest BCUT2D eigenvalue weighted by Crippen LogP contribution is 1.86. The Labute approximate surface area is 144 Å². The fourth-order valence-corrected chi connectivity index (χ4v) is 1.45. The number of nitrogens with two attached hydrogens (primary N) is 1. The lowest BCUT2D eigenvalue weighted by molar-refractivity contribution is -0.117. The number of nitrogens with one attached hydrogen (secondary N) is 1. The van der Waals surface area contributed by atoms with Crippen molar-refractivity contribution in [1.29, 1.82) is 0 Å². The van der Waals surface area contributed by atoms with Gasteiger partial charge in [0.2, 0.25) is 5.91 Å². The molecule has 8 heteroatoms. The van der Waals surface area contributed by atoms with Crippen molar-refractivity contribution < 1.29 is 28.5 Å². The van der Waals surface area contributed by atoms with Crippen LogP contribution in [0.2, 0.25) is 0 Å². The molecule has 0 bridgehead atoms. The predicted octanol–water partition coefficient (Wildman–Crippen LogP) is -0.280. The molecule has 0 atom stereocenters. The fraction of sp³-hybridized carbons (Fsp3) is 0.812. The summed E-state index contributed by atoms with van der Waals surface area (Å²) in [6.45, 7) is 11.4. The summed E-state index contributed by atoms with van der Waals surface area (Å²) in [4.78, 5) is 11.2. The van der Waals surface area contributed by atoms with Gasteiger partial charge in [0, 0.05) is 18.7 Å². The van der Waals surface area contributed by atoms with Crippen molar-refractivity contribution in [3.05, 3.63) is 12.2 Å². The Morgan fingerprint density at radius 1 is 0.792 bits per heavy atom. The molecule has 0 aromatic heterocycles. The molecule has 0 aliphatic carbocycles. The first-order valence-electron chi connectivity index (χ1n) is 8.21. The molecular weight excluding hydrogens is 316 g/mol. The van der Waals surface area contributed by atoms with Crippen LogP contribution in [0.15, 0.2) is 12.2 Å². The van der Waals surface area contributed by atoms with E-state index in [1.807, 2.05) is 0 Å². The third-order valence-corrected chi connectivity index (χ3v) is 2.67. The number of ether oxygens (including phenoxy) is 5. The minimum absolute atomic E-state index is 0.154. The third kappa shape index (κ3) is 17.3. The van der Waals surface area contributed by atoms with Gasteiger partial charge in [-0.25, -0.2) is 0 Å². The van der Waals surface area contributed by atoms with Crippen LogP contribution in [0.4, 0.5) is 0 Å². The largest absolute Gasteiger partial charge is 0.378 e. The van der Waals surface area contributed by atoms with Gasteiger partial charge in [-0.3, -0.25) is 4.79 Å². The SMILES string of the molecule is C=C(C)C(=O)NCCOCCOCCOCCOCCOCCN. The highest BCUT2D eigenvalue weighted by atomic mass is 16.6. The van der Waals surface area contributed by atoms with Crippen molar-refractivity contribution in [3.8, 4) is 0 Å². The van der Waals surface area contributed by atoms with Crippen molar-refractivity contribution in [3.63, 3.8) is 0 Å². The van der Waals surface area contributed by atoms with Gasteiger partial charge in [-0.1, -0.05) is 6.58 Å². The molecule has 0 fully saturated rings. The van der Waals surface area contributed by atoms with Gasteiger partial charge >= 0.3 is 0 Å². The molecule has 0 unspecified atom stereocenters. The average Bonchev–Trinajstić information content (AvgIpc) is 2.57. The average molecular weight is 348 g/mol. The monoisotopic (exact) mass is 348 g/mol. The van der Waals surface area contributed by atoms with Crippen LogP contribution in [-0.2, 0) is 28.5 Å². The van der Waals surface area contributed by atoms with Gasteiger partial charge in [0.15, 0.2) is 0 Å². The van der Waals surface area contributed by atoms with Gasteiger partial charge in [0.1, 0.15) is 0 Å². The van der Waals surface area contributed by atoms with Crippen LogP contribution < -0.4 is 11.1 Å². The Bertz CT molecular complexity index is 315.